The topological polar surface area (TPSA) is 51.2 Å². The highest BCUT2D eigenvalue weighted by atomic mass is 79.9. The zero-order valence-corrected chi connectivity index (χ0v) is 11.2. The summed E-state index contributed by atoms with van der Waals surface area (Å²) >= 11 is 3.50. The summed E-state index contributed by atoms with van der Waals surface area (Å²) in [6.45, 7) is 2.07. The molecule has 0 aliphatic heterocycles. The van der Waals surface area contributed by atoms with E-state index in [2.05, 4.69) is 46.5 Å². The highest BCUT2D eigenvalue weighted by Gasteiger charge is 2.12. The lowest BCUT2D eigenvalue weighted by Crippen LogP contribution is -2.29. The average molecular weight is 295 g/mol. The van der Waals surface area contributed by atoms with Crippen LogP contribution in [0.15, 0.2) is 45.7 Å². The Hall–Kier alpha value is -1.10. The smallest absolute Gasteiger partial charge is 0.0935 e. The van der Waals surface area contributed by atoms with Crippen molar-refractivity contribution in [3.63, 3.8) is 0 Å². The maximum atomic E-state index is 5.63. The molecule has 1 atom stereocenters. The third-order valence-electron chi connectivity index (χ3n) is 2.69. The van der Waals surface area contributed by atoms with E-state index in [1.165, 1.54) is 11.1 Å². The largest absolute Gasteiger partial charge is 0.472 e. The normalized spacial score (nSPS) is 12.6. The number of rotatable bonds is 4. The molecule has 0 bridgehead atoms. The molecule has 0 saturated carbocycles. The second-order valence-corrected chi connectivity index (χ2v) is 5.03. The second-order valence-electron chi connectivity index (χ2n) is 4.12. The Bertz CT molecular complexity index is 462. The van der Waals surface area contributed by atoms with Gasteiger partial charge in [-0.3, -0.25) is 11.3 Å². The van der Waals surface area contributed by atoms with Gasteiger partial charge in [0.25, 0.3) is 0 Å². The van der Waals surface area contributed by atoms with Crippen LogP contribution in [0.4, 0.5) is 0 Å². The summed E-state index contributed by atoms with van der Waals surface area (Å²) < 4.78 is 6.13. The first kappa shape index (κ1) is 12.4. The van der Waals surface area contributed by atoms with Crippen LogP contribution in [0.2, 0.25) is 0 Å². The van der Waals surface area contributed by atoms with E-state index in [-0.39, 0.29) is 6.04 Å². The predicted molar refractivity (Wildman–Crippen MR) is 71.4 cm³/mol. The molecule has 2 rings (SSSR count). The van der Waals surface area contributed by atoms with Gasteiger partial charge < -0.3 is 4.42 Å². The minimum atomic E-state index is 0.0869. The Labute approximate surface area is 109 Å². The number of aryl methyl sites for hydroxylation is 1. The molecule has 0 amide bonds. The van der Waals surface area contributed by atoms with Crippen molar-refractivity contribution >= 4 is 15.9 Å². The lowest BCUT2D eigenvalue weighted by molar-refractivity contribution is 0.535. The van der Waals surface area contributed by atoms with Crippen molar-refractivity contribution in [3.8, 4) is 0 Å². The van der Waals surface area contributed by atoms with Crippen LogP contribution in [0.3, 0.4) is 0 Å². The van der Waals surface area contributed by atoms with E-state index >= 15 is 0 Å². The Morgan fingerprint density at radius 3 is 2.82 bits per heavy atom. The third kappa shape index (κ3) is 3.19. The summed E-state index contributed by atoms with van der Waals surface area (Å²) in [7, 11) is 0. The molecule has 0 spiro atoms. The van der Waals surface area contributed by atoms with E-state index in [1.807, 2.05) is 6.07 Å². The lowest BCUT2D eigenvalue weighted by Gasteiger charge is -2.16. The van der Waals surface area contributed by atoms with Gasteiger partial charge in [0.1, 0.15) is 0 Å². The molecule has 4 heteroatoms. The fourth-order valence-electron chi connectivity index (χ4n) is 1.88. The Balaban J connectivity index is 2.22. The van der Waals surface area contributed by atoms with Crippen LogP contribution in [0, 0.1) is 6.92 Å². The molecule has 17 heavy (non-hydrogen) atoms. The monoisotopic (exact) mass is 294 g/mol. The van der Waals surface area contributed by atoms with Gasteiger partial charge >= 0.3 is 0 Å². The van der Waals surface area contributed by atoms with Crippen LogP contribution in [-0.4, -0.2) is 0 Å². The molecule has 0 fully saturated rings. The highest BCUT2D eigenvalue weighted by molar-refractivity contribution is 9.10. The van der Waals surface area contributed by atoms with Gasteiger partial charge in [0.05, 0.1) is 18.6 Å². The third-order valence-corrected chi connectivity index (χ3v) is 3.15. The second kappa shape index (κ2) is 5.49. The van der Waals surface area contributed by atoms with Gasteiger partial charge in [0.2, 0.25) is 0 Å². The number of hydrazine groups is 1. The molecule has 3 nitrogen and oxygen atoms in total. The summed E-state index contributed by atoms with van der Waals surface area (Å²) in [5.41, 5.74) is 6.36. The standard InChI is InChI=1S/C13H15BrN2O/c1-9-4-11(7-12(14)5-9)13(16-15)6-10-2-3-17-8-10/h2-5,7-8,13,16H,6,15H2,1H3. The molecule has 1 aromatic carbocycles. The first-order chi connectivity index (χ1) is 8.19. The zero-order chi connectivity index (χ0) is 12.3. The predicted octanol–water partition coefficient (Wildman–Crippen LogP) is 3.10. The van der Waals surface area contributed by atoms with Gasteiger partial charge in [-0.05, 0) is 48.2 Å². The Morgan fingerprint density at radius 1 is 1.41 bits per heavy atom. The molecular weight excluding hydrogens is 280 g/mol. The average Bonchev–Trinajstić information content (AvgIpc) is 2.77. The van der Waals surface area contributed by atoms with Gasteiger partial charge in [-0.25, -0.2) is 0 Å². The number of benzene rings is 1. The maximum Gasteiger partial charge on any atom is 0.0935 e. The maximum absolute atomic E-state index is 5.63. The summed E-state index contributed by atoms with van der Waals surface area (Å²) in [5, 5.41) is 0. The van der Waals surface area contributed by atoms with E-state index < -0.39 is 0 Å². The zero-order valence-electron chi connectivity index (χ0n) is 9.61. The molecule has 2 aromatic rings. The molecule has 0 aliphatic carbocycles. The van der Waals surface area contributed by atoms with Gasteiger partial charge in [0, 0.05) is 4.47 Å². The van der Waals surface area contributed by atoms with Crippen LogP contribution < -0.4 is 11.3 Å². The van der Waals surface area contributed by atoms with Gasteiger partial charge in [0.15, 0.2) is 0 Å². The molecule has 1 aromatic heterocycles. The molecule has 1 heterocycles. The number of nitrogens with two attached hydrogens (primary N) is 1. The molecule has 1 unspecified atom stereocenters. The van der Waals surface area contributed by atoms with Crippen LogP contribution >= 0.6 is 15.9 Å². The van der Waals surface area contributed by atoms with E-state index in [0.29, 0.717) is 0 Å². The highest BCUT2D eigenvalue weighted by Crippen LogP contribution is 2.23. The van der Waals surface area contributed by atoms with Crippen molar-refractivity contribution < 1.29 is 4.42 Å². The van der Waals surface area contributed by atoms with Gasteiger partial charge in [-0.1, -0.05) is 22.0 Å². The number of hydrogen-bond donors (Lipinski definition) is 2. The Morgan fingerprint density at radius 2 is 2.24 bits per heavy atom. The van der Waals surface area contributed by atoms with E-state index in [1.54, 1.807) is 12.5 Å². The van der Waals surface area contributed by atoms with Crippen LogP contribution in [0.5, 0.6) is 0 Å². The summed E-state index contributed by atoms with van der Waals surface area (Å²) in [4.78, 5) is 0. The van der Waals surface area contributed by atoms with Gasteiger partial charge in [-0.15, -0.1) is 0 Å². The molecule has 3 N–H and O–H groups in total. The molecule has 90 valence electrons. The van der Waals surface area contributed by atoms with E-state index in [0.717, 1.165) is 16.5 Å². The number of furan rings is 1. The van der Waals surface area contributed by atoms with Crippen LogP contribution in [0.1, 0.15) is 22.7 Å². The van der Waals surface area contributed by atoms with Crippen LogP contribution in [-0.2, 0) is 6.42 Å². The SMILES string of the molecule is Cc1cc(Br)cc(C(Cc2ccoc2)NN)c1. The summed E-state index contributed by atoms with van der Waals surface area (Å²) in [6.07, 6.45) is 4.23. The van der Waals surface area contributed by atoms with Crippen molar-refractivity contribution in [2.45, 2.75) is 19.4 Å². The molecule has 0 saturated heterocycles. The van der Waals surface area contributed by atoms with Crippen molar-refractivity contribution in [1.29, 1.82) is 0 Å². The van der Waals surface area contributed by atoms with E-state index in [4.69, 9.17) is 10.3 Å². The first-order valence-electron chi connectivity index (χ1n) is 5.43. The van der Waals surface area contributed by atoms with E-state index in [9.17, 15) is 0 Å². The quantitative estimate of drug-likeness (QED) is 0.673. The number of nitrogens with one attached hydrogen (secondary N) is 1. The molecule has 0 radical (unpaired) electrons. The molecular formula is C13H15BrN2O. The summed E-state index contributed by atoms with van der Waals surface area (Å²) in [5.74, 6) is 5.63. The van der Waals surface area contributed by atoms with Crippen molar-refractivity contribution in [2.75, 3.05) is 0 Å². The van der Waals surface area contributed by atoms with Gasteiger partial charge in [-0.2, -0.15) is 0 Å². The Kier molecular flexibility index (Phi) is 3.99. The molecule has 0 aliphatic rings. The summed E-state index contributed by atoms with van der Waals surface area (Å²) in [6, 6.07) is 8.33. The lowest BCUT2D eigenvalue weighted by atomic mass is 9.99. The fourth-order valence-corrected chi connectivity index (χ4v) is 2.51. The van der Waals surface area contributed by atoms with Crippen molar-refractivity contribution in [3.05, 3.63) is 58.0 Å². The van der Waals surface area contributed by atoms with Crippen molar-refractivity contribution in [1.82, 2.24) is 5.43 Å². The number of halogens is 1. The fraction of sp³-hybridized carbons (Fsp3) is 0.231. The minimum absolute atomic E-state index is 0.0869. The van der Waals surface area contributed by atoms with Crippen molar-refractivity contribution in [2.24, 2.45) is 5.84 Å². The minimum Gasteiger partial charge on any atom is -0.472 e. The van der Waals surface area contributed by atoms with Crippen LogP contribution in [0.25, 0.3) is 0 Å². The first-order valence-corrected chi connectivity index (χ1v) is 6.22. The number of hydrogen-bond acceptors (Lipinski definition) is 3.